The number of carbonyl (C=O) groups is 1. The summed E-state index contributed by atoms with van der Waals surface area (Å²) in [6, 6.07) is 5.79. The van der Waals surface area contributed by atoms with E-state index in [-0.39, 0.29) is 17.5 Å². The average Bonchev–Trinajstić information content (AvgIpc) is 3.03. The van der Waals surface area contributed by atoms with Crippen LogP contribution in [-0.2, 0) is 4.79 Å². The molecule has 0 unspecified atom stereocenters. The van der Waals surface area contributed by atoms with E-state index in [9.17, 15) is 9.18 Å². The molecule has 1 heterocycles. The Labute approximate surface area is 138 Å². The molecule has 1 aromatic heterocycles. The first-order valence-electron chi connectivity index (χ1n) is 7.72. The highest BCUT2D eigenvalue weighted by atomic mass is 32.2. The Balaban J connectivity index is 1.50. The minimum Gasteiger partial charge on any atom is -0.416 e. The molecule has 1 fully saturated rings. The van der Waals surface area contributed by atoms with Crippen LogP contribution < -0.4 is 5.32 Å². The van der Waals surface area contributed by atoms with E-state index in [1.54, 1.807) is 12.1 Å². The largest absolute Gasteiger partial charge is 0.416 e. The van der Waals surface area contributed by atoms with Crippen molar-refractivity contribution in [3.05, 3.63) is 36.0 Å². The maximum absolute atomic E-state index is 13.1. The number of aromatic nitrogens is 2. The second kappa shape index (κ2) is 7.59. The third-order valence-electron chi connectivity index (χ3n) is 3.81. The van der Waals surface area contributed by atoms with Gasteiger partial charge in [0, 0.05) is 11.6 Å². The molecule has 0 saturated heterocycles. The predicted molar refractivity (Wildman–Crippen MR) is 85.9 cm³/mol. The van der Waals surface area contributed by atoms with Crippen molar-refractivity contribution in [2.24, 2.45) is 0 Å². The van der Waals surface area contributed by atoms with Crippen LogP contribution in [-0.4, -0.2) is 21.9 Å². The van der Waals surface area contributed by atoms with Crippen LogP contribution in [0.15, 0.2) is 33.9 Å². The van der Waals surface area contributed by atoms with E-state index in [2.05, 4.69) is 15.5 Å². The Morgan fingerprint density at radius 3 is 2.91 bits per heavy atom. The molecule has 3 rings (SSSR count). The van der Waals surface area contributed by atoms with Gasteiger partial charge in [0.25, 0.3) is 5.22 Å². The summed E-state index contributed by atoms with van der Waals surface area (Å²) in [6.45, 7) is 0. The smallest absolute Gasteiger partial charge is 0.277 e. The van der Waals surface area contributed by atoms with Gasteiger partial charge >= 0.3 is 0 Å². The first-order chi connectivity index (χ1) is 11.2. The van der Waals surface area contributed by atoms with Crippen LogP contribution >= 0.6 is 11.8 Å². The maximum Gasteiger partial charge on any atom is 0.277 e. The third-order valence-corrected chi connectivity index (χ3v) is 4.63. The molecule has 23 heavy (non-hydrogen) atoms. The lowest BCUT2D eigenvalue weighted by molar-refractivity contribution is -0.113. The van der Waals surface area contributed by atoms with Gasteiger partial charge in [-0.2, -0.15) is 0 Å². The number of hydrogen-bond acceptors (Lipinski definition) is 5. The van der Waals surface area contributed by atoms with Gasteiger partial charge in [0.1, 0.15) is 5.82 Å². The quantitative estimate of drug-likeness (QED) is 0.837. The summed E-state index contributed by atoms with van der Waals surface area (Å²) in [6.07, 6.45) is 5.85. The molecular weight excluding hydrogens is 317 g/mol. The molecule has 5 nitrogen and oxygen atoms in total. The van der Waals surface area contributed by atoms with E-state index in [0.29, 0.717) is 22.7 Å². The Morgan fingerprint density at radius 2 is 2.13 bits per heavy atom. The molecule has 0 bridgehead atoms. The van der Waals surface area contributed by atoms with Crippen LogP contribution in [0, 0.1) is 5.82 Å². The second-order valence-electron chi connectivity index (χ2n) is 5.59. The highest BCUT2D eigenvalue weighted by Gasteiger charge is 2.21. The number of amides is 1. The molecule has 1 amide bonds. The van der Waals surface area contributed by atoms with Gasteiger partial charge < -0.3 is 9.73 Å². The number of anilines is 1. The maximum atomic E-state index is 13.1. The number of nitrogens with zero attached hydrogens (tertiary/aromatic N) is 2. The average molecular weight is 335 g/mol. The van der Waals surface area contributed by atoms with Crippen molar-refractivity contribution in [2.45, 2.75) is 43.2 Å². The van der Waals surface area contributed by atoms with Gasteiger partial charge in [-0.05, 0) is 31.0 Å². The summed E-state index contributed by atoms with van der Waals surface area (Å²) < 4.78 is 18.7. The van der Waals surface area contributed by atoms with E-state index in [1.807, 2.05) is 0 Å². The Kier molecular flexibility index (Phi) is 5.27. The molecule has 1 N–H and O–H groups in total. The summed E-state index contributed by atoms with van der Waals surface area (Å²) in [5.74, 6) is 0.551. The molecule has 1 saturated carbocycles. The molecule has 1 aliphatic carbocycles. The van der Waals surface area contributed by atoms with Crippen molar-refractivity contribution in [1.82, 2.24) is 10.2 Å². The van der Waals surface area contributed by atoms with Crippen molar-refractivity contribution >= 4 is 23.4 Å². The number of halogens is 1. The van der Waals surface area contributed by atoms with E-state index < -0.39 is 0 Å². The lowest BCUT2D eigenvalue weighted by Crippen LogP contribution is -2.14. The van der Waals surface area contributed by atoms with Crippen molar-refractivity contribution in [3.63, 3.8) is 0 Å². The van der Waals surface area contributed by atoms with Gasteiger partial charge in [-0.15, -0.1) is 10.2 Å². The summed E-state index contributed by atoms with van der Waals surface area (Å²) in [5.41, 5.74) is 0.434. The standard InChI is InChI=1S/C16H18FN3O2S/c17-12-7-4-8-13(9-12)18-14(21)10-23-16-20-19-15(22-16)11-5-2-1-3-6-11/h4,7-9,11H,1-3,5-6,10H2,(H,18,21). The van der Waals surface area contributed by atoms with E-state index in [0.717, 1.165) is 12.8 Å². The Bertz CT molecular complexity index is 671. The minimum absolute atomic E-state index is 0.142. The molecular formula is C16H18FN3O2S. The zero-order chi connectivity index (χ0) is 16.1. The second-order valence-corrected chi connectivity index (χ2v) is 6.51. The number of thioether (sulfide) groups is 1. The molecule has 2 aromatic rings. The van der Waals surface area contributed by atoms with Crippen LogP contribution in [0.3, 0.4) is 0 Å². The highest BCUT2D eigenvalue weighted by molar-refractivity contribution is 7.99. The van der Waals surface area contributed by atoms with Crippen molar-refractivity contribution in [3.8, 4) is 0 Å². The van der Waals surface area contributed by atoms with Gasteiger partial charge in [-0.25, -0.2) is 4.39 Å². The fourth-order valence-electron chi connectivity index (χ4n) is 2.68. The first-order valence-corrected chi connectivity index (χ1v) is 8.71. The summed E-state index contributed by atoms with van der Waals surface area (Å²) in [4.78, 5) is 11.9. The van der Waals surface area contributed by atoms with Crippen LogP contribution in [0.25, 0.3) is 0 Å². The molecule has 122 valence electrons. The zero-order valence-electron chi connectivity index (χ0n) is 12.6. The topological polar surface area (TPSA) is 68.0 Å². The van der Waals surface area contributed by atoms with E-state index in [4.69, 9.17) is 4.42 Å². The van der Waals surface area contributed by atoms with Crippen LogP contribution in [0.1, 0.15) is 43.9 Å². The lowest BCUT2D eigenvalue weighted by Gasteiger charge is -2.17. The van der Waals surface area contributed by atoms with Crippen molar-refractivity contribution in [2.75, 3.05) is 11.1 Å². The van der Waals surface area contributed by atoms with Crippen molar-refractivity contribution < 1.29 is 13.6 Å². The zero-order valence-corrected chi connectivity index (χ0v) is 13.4. The van der Waals surface area contributed by atoms with Crippen LogP contribution in [0.5, 0.6) is 0 Å². The highest BCUT2D eigenvalue weighted by Crippen LogP contribution is 2.32. The normalized spacial score (nSPS) is 15.5. The van der Waals surface area contributed by atoms with Gasteiger partial charge in [0.15, 0.2) is 0 Å². The Hall–Kier alpha value is -1.89. The van der Waals surface area contributed by atoms with Crippen LogP contribution in [0.2, 0.25) is 0 Å². The fraction of sp³-hybridized carbons (Fsp3) is 0.438. The molecule has 1 aliphatic rings. The van der Waals surface area contributed by atoms with Gasteiger partial charge in [-0.1, -0.05) is 37.1 Å². The number of benzene rings is 1. The monoisotopic (exact) mass is 335 g/mol. The molecule has 0 radical (unpaired) electrons. The van der Waals surface area contributed by atoms with Gasteiger partial charge in [0.2, 0.25) is 11.8 Å². The summed E-state index contributed by atoms with van der Waals surface area (Å²) in [5, 5.41) is 11.1. The summed E-state index contributed by atoms with van der Waals surface area (Å²) in [7, 11) is 0. The molecule has 0 aliphatic heterocycles. The SMILES string of the molecule is O=C(CSc1nnc(C2CCCCC2)o1)Nc1cccc(F)c1. The number of nitrogens with one attached hydrogen (secondary N) is 1. The molecule has 7 heteroatoms. The molecule has 1 aromatic carbocycles. The molecule has 0 spiro atoms. The first kappa shape index (κ1) is 16.0. The minimum atomic E-state index is -0.385. The van der Waals surface area contributed by atoms with Gasteiger partial charge in [0.05, 0.1) is 5.75 Å². The van der Waals surface area contributed by atoms with Crippen LogP contribution in [0.4, 0.5) is 10.1 Å². The number of hydrogen-bond donors (Lipinski definition) is 1. The van der Waals surface area contributed by atoms with E-state index >= 15 is 0 Å². The van der Waals surface area contributed by atoms with Gasteiger partial charge in [-0.3, -0.25) is 4.79 Å². The van der Waals surface area contributed by atoms with E-state index in [1.165, 1.54) is 43.2 Å². The Morgan fingerprint density at radius 1 is 1.30 bits per heavy atom. The fourth-order valence-corrected chi connectivity index (χ4v) is 3.25. The third kappa shape index (κ3) is 4.54. The molecule has 0 atom stereocenters. The predicted octanol–water partition coefficient (Wildman–Crippen LogP) is 3.99. The number of rotatable bonds is 5. The number of carbonyl (C=O) groups excluding carboxylic acids is 1. The summed E-state index contributed by atoms with van der Waals surface area (Å²) >= 11 is 1.19. The van der Waals surface area contributed by atoms with Crippen molar-refractivity contribution in [1.29, 1.82) is 0 Å². The lowest BCUT2D eigenvalue weighted by atomic mass is 9.89.